The Balaban J connectivity index is 1.79. The Kier molecular flexibility index (Phi) is 4.36. The third-order valence-electron chi connectivity index (χ3n) is 4.08. The van der Waals surface area contributed by atoms with Gasteiger partial charge in [-0.3, -0.25) is 4.98 Å². The molecule has 4 nitrogen and oxygen atoms in total. The Morgan fingerprint density at radius 1 is 1.29 bits per heavy atom. The van der Waals surface area contributed by atoms with E-state index in [4.69, 9.17) is 10.5 Å². The van der Waals surface area contributed by atoms with Crippen LogP contribution in [0.15, 0.2) is 30.3 Å². The van der Waals surface area contributed by atoms with Crippen molar-refractivity contribution in [2.24, 2.45) is 5.73 Å². The molecular formula is C17H23N3O. The molecule has 0 unspecified atom stereocenters. The van der Waals surface area contributed by atoms with Crippen LogP contribution >= 0.6 is 0 Å². The van der Waals surface area contributed by atoms with Crippen LogP contribution in [0.2, 0.25) is 0 Å². The predicted octanol–water partition coefficient (Wildman–Crippen LogP) is 2.49. The molecule has 2 N–H and O–H groups in total. The maximum absolute atomic E-state index is 5.76. The molecule has 1 aliphatic rings. The largest absolute Gasteiger partial charge is 0.377 e. The van der Waals surface area contributed by atoms with Gasteiger partial charge in [0.1, 0.15) is 0 Å². The van der Waals surface area contributed by atoms with Crippen molar-refractivity contribution in [3.05, 3.63) is 36.0 Å². The number of piperidine rings is 1. The van der Waals surface area contributed by atoms with Gasteiger partial charge < -0.3 is 15.4 Å². The Morgan fingerprint density at radius 2 is 2.05 bits per heavy atom. The van der Waals surface area contributed by atoms with Gasteiger partial charge in [-0.2, -0.15) is 0 Å². The van der Waals surface area contributed by atoms with Crippen molar-refractivity contribution in [1.29, 1.82) is 0 Å². The van der Waals surface area contributed by atoms with Gasteiger partial charge in [-0.05, 0) is 31.9 Å². The highest BCUT2D eigenvalue weighted by molar-refractivity contribution is 5.92. The lowest BCUT2D eigenvalue weighted by Crippen LogP contribution is -2.37. The summed E-state index contributed by atoms with van der Waals surface area (Å²) >= 11 is 0. The van der Waals surface area contributed by atoms with Crippen molar-refractivity contribution < 1.29 is 4.74 Å². The van der Waals surface area contributed by atoms with Crippen molar-refractivity contribution >= 4 is 16.6 Å². The number of nitrogens with zero attached hydrogens (tertiary/aromatic N) is 2. The van der Waals surface area contributed by atoms with Crippen LogP contribution in [0.3, 0.4) is 0 Å². The van der Waals surface area contributed by atoms with E-state index in [1.165, 1.54) is 11.1 Å². The Labute approximate surface area is 125 Å². The van der Waals surface area contributed by atoms with Crippen molar-refractivity contribution in [3.63, 3.8) is 0 Å². The van der Waals surface area contributed by atoms with E-state index in [9.17, 15) is 0 Å². The van der Waals surface area contributed by atoms with Crippen LogP contribution < -0.4 is 10.6 Å². The van der Waals surface area contributed by atoms with Crippen LogP contribution in [-0.4, -0.2) is 37.3 Å². The average molecular weight is 285 g/mol. The van der Waals surface area contributed by atoms with Gasteiger partial charge in [-0.25, -0.2) is 0 Å². The van der Waals surface area contributed by atoms with E-state index in [1.807, 2.05) is 6.07 Å². The van der Waals surface area contributed by atoms with Gasteiger partial charge in [0.2, 0.25) is 0 Å². The number of pyridine rings is 1. The summed E-state index contributed by atoms with van der Waals surface area (Å²) in [5.41, 5.74) is 8.95. The number of fused-ring (bicyclic) bond motifs is 1. The van der Waals surface area contributed by atoms with Gasteiger partial charge >= 0.3 is 0 Å². The van der Waals surface area contributed by atoms with Crippen LogP contribution in [0, 0.1) is 6.92 Å². The van der Waals surface area contributed by atoms with Crippen LogP contribution in [0.5, 0.6) is 0 Å². The normalized spacial score (nSPS) is 16.6. The smallest absolute Gasteiger partial charge is 0.0726 e. The van der Waals surface area contributed by atoms with Crippen LogP contribution in [0.4, 0.5) is 5.69 Å². The molecule has 3 rings (SSSR count). The first-order chi connectivity index (χ1) is 10.3. The first kappa shape index (κ1) is 14.3. The average Bonchev–Trinajstić information content (AvgIpc) is 2.52. The zero-order valence-corrected chi connectivity index (χ0v) is 12.6. The minimum absolute atomic E-state index is 0.360. The molecule has 21 heavy (non-hydrogen) atoms. The summed E-state index contributed by atoms with van der Waals surface area (Å²) in [5.74, 6) is 0. The number of para-hydroxylation sites is 1. The fraction of sp³-hybridized carbons (Fsp3) is 0.471. The second-order valence-corrected chi connectivity index (χ2v) is 5.65. The minimum Gasteiger partial charge on any atom is -0.377 e. The van der Waals surface area contributed by atoms with Gasteiger partial charge in [0.05, 0.1) is 18.2 Å². The molecule has 1 fully saturated rings. The fourth-order valence-electron chi connectivity index (χ4n) is 3.05. The molecule has 1 aliphatic heterocycles. The van der Waals surface area contributed by atoms with Crippen LogP contribution in [-0.2, 0) is 4.74 Å². The monoisotopic (exact) mass is 285 g/mol. The van der Waals surface area contributed by atoms with Crippen molar-refractivity contribution in [1.82, 2.24) is 4.98 Å². The molecule has 0 saturated carbocycles. The number of anilines is 1. The molecule has 112 valence electrons. The molecule has 1 aromatic carbocycles. The van der Waals surface area contributed by atoms with E-state index in [0.29, 0.717) is 19.3 Å². The third-order valence-corrected chi connectivity index (χ3v) is 4.08. The summed E-state index contributed by atoms with van der Waals surface area (Å²) in [4.78, 5) is 7.08. The van der Waals surface area contributed by atoms with E-state index in [0.717, 1.165) is 37.1 Å². The summed E-state index contributed by atoms with van der Waals surface area (Å²) in [6.07, 6.45) is 2.49. The molecule has 1 saturated heterocycles. The number of ether oxygens (including phenoxy) is 1. The number of aryl methyl sites for hydroxylation is 1. The van der Waals surface area contributed by atoms with Gasteiger partial charge in [0.25, 0.3) is 0 Å². The highest BCUT2D eigenvalue weighted by atomic mass is 16.5. The maximum Gasteiger partial charge on any atom is 0.0726 e. The lowest BCUT2D eigenvalue weighted by atomic mass is 10.0. The summed E-state index contributed by atoms with van der Waals surface area (Å²) in [7, 11) is 0. The molecule has 1 aromatic heterocycles. The second kappa shape index (κ2) is 6.41. The molecule has 0 aliphatic carbocycles. The number of aromatic nitrogens is 1. The molecule has 0 atom stereocenters. The fourth-order valence-corrected chi connectivity index (χ4v) is 3.05. The Hall–Kier alpha value is -1.65. The number of rotatable bonds is 4. The molecule has 2 heterocycles. The van der Waals surface area contributed by atoms with E-state index in [1.54, 1.807) is 0 Å². The zero-order valence-electron chi connectivity index (χ0n) is 12.6. The summed E-state index contributed by atoms with van der Waals surface area (Å²) in [6, 6.07) is 10.6. The number of hydrogen-bond donors (Lipinski definition) is 1. The quantitative estimate of drug-likeness (QED) is 0.937. The Morgan fingerprint density at radius 3 is 2.81 bits per heavy atom. The van der Waals surface area contributed by atoms with Crippen molar-refractivity contribution in [3.8, 4) is 0 Å². The molecule has 0 bridgehead atoms. The maximum atomic E-state index is 5.76. The summed E-state index contributed by atoms with van der Waals surface area (Å²) < 4.78 is 5.76. The van der Waals surface area contributed by atoms with Gasteiger partial charge in [-0.15, -0.1) is 0 Å². The first-order valence-electron chi connectivity index (χ1n) is 7.71. The topological polar surface area (TPSA) is 51.4 Å². The molecule has 2 aromatic rings. The molecule has 4 heteroatoms. The minimum atomic E-state index is 0.360. The first-order valence-corrected chi connectivity index (χ1v) is 7.71. The van der Waals surface area contributed by atoms with E-state index < -0.39 is 0 Å². The second-order valence-electron chi connectivity index (χ2n) is 5.65. The van der Waals surface area contributed by atoms with Crippen molar-refractivity contribution in [2.75, 3.05) is 31.1 Å². The van der Waals surface area contributed by atoms with Crippen LogP contribution in [0.25, 0.3) is 10.9 Å². The number of nitrogens with two attached hydrogens (primary N) is 1. The van der Waals surface area contributed by atoms with Gasteiger partial charge in [0, 0.05) is 36.4 Å². The molecule has 0 amide bonds. The zero-order chi connectivity index (χ0) is 14.7. The SMILES string of the molecule is Cc1cc(N2CCC(OCCN)CC2)c2ccccc2n1. The predicted molar refractivity (Wildman–Crippen MR) is 86.7 cm³/mol. The van der Waals surface area contributed by atoms with Crippen LogP contribution in [0.1, 0.15) is 18.5 Å². The van der Waals surface area contributed by atoms with Crippen molar-refractivity contribution in [2.45, 2.75) is 25.9 Å². The summed E-state index contributed by atoms with van der Waals surface area (Å²) in [5, 5.41) is 1.24. The molecular weight excluding hydrogens is 262 g/mol. The summed E-state index contributed by atoms with van der Waals surface area (Å²) in [6.45, 7) is 5.40. The van der Waals surface area contributed by atoms with E-state index in [2.05, 4.69) is 41.1 Å². The van der Waals surface area contributed by atoms with E-state index >= 15 is 0 Å². The number of hydrogen-bond acceptors (Lipinski definition) is 4. The lowest BCUT2D eigenvalue weighted by Gasteiger charge is -2.34. The van der Waals surface area contributed by atoms with Gasteiger partial charge in [0.15, 0.2) is 0 Å². The lowest BCUT2D eigenvalue weighted by molar-refractivity contribution is 0.0422. The van der Waals surface area contributed by atoms with Gasteiger partial charge in [-0.1, -0.05) is 18.2 Å². The standard InChI is InChI=1S/C17H23N3O/c1-13-12-17(15-4-2-3-5-16(15)19-13)20-9-6-14(7-10-20)21-11-8-18/h2-5,12,14H,6-11,18H2,1H3. The Bertz CT molecular complexity index is 606. The highest BCUT2D eigenvalue weighted by Crippen LogP contribution is 2.29. The third kappa shape index (κ3) is 3.17. The van der Waals surface area contributed by atoms with E-state index in [-0.39, 0.29) is 0 Å². The molecule has 0 spiro atoms. The highest BCUT2D eigenvalue weighted by Gasteiger charge is 2.21. The molecule has 0 radical (unpaired) electrons. The number of benzene rings is 1.